The standard InChI is InChI=1S/C28H37N3O5/c1-5-26-11-6-13-31-14-12-27(23(26)31)20-10-9-19(35-4)15-21(20)30(3)24(27)28(34,25(26)36-17(2)32)16-29-22(33)18-7-8-18/h6,9-11,15,18,23-25,34H,5,7-8,12-14,16H2,1-4H3,(H,29,33)/t23-,24+,25+,26+,27+,28?/m0/s1. The van der Waals surface area contributed by atoms with Gasteiger partial charge in [0.1, 0.15) is 17.5 Å². The summed E-state index contributed by atoms with van der Waals surface area (Å²) in [6.45, 7) is 5.28. The Morgan fingerprint density at radius 1 is 1.25 bits per heavy atom. The van der Waals surface area contributed by atoms with E-state index in [1.165, 1.54) is 12.5 Å². The number of nitrogens with one attached hydrogen (secondary N) is 1. The van der Waals surface area contributed by atoms with Gasteiger partial charge in [0, 0.05) is 55.1 Å². The first kappa shape index (κ1) is 23.8. The highest BCUT2D eigenvalue weighted by Crippen LogP contribution is 2.67. The molecule has 0 radical (unpaired) electrons. The molecule has 194 valence electrons. The zero-order valence-electron chi connectivity index (χ0n) is 21.6. The van der Waals surface area contributed by atoms with Gasteiger partial charge in [-0.25, -0.2) is 0 Å². The molecule has 1 unspecified atom stereocenters. The van der Waals surface area contributed by atoms with Crippen LogP contribution < -0.4 is 15.0 Å². The minimum atomic E-state index is -1.51. The first-order chi connectivity index (χ1) is 17.2. The van der Waals surface area contributed by atoms with Crippen molar-refractivity contribution in [3.63, 3.8) is 0 Å². The van der Waals surface area contributed by atoms with Gasteiger partial charge >= 0.3 is 5.97 Å². The number of esters is 1. The average molecular weight is 496 g/mol. The van der Waals surface area contributed by atoms with Crippen molar-refractivity contribution in [1.29, 1.82) is 0 Å². The number of fused-ring (bicyclic) bond motifs is 1. The van der Waals surface area contributed by atoms with E-state index in [1.807, 2.05) is 19.2 Å². The van der Waals surface area contributed by atoms with Gasteiger partial charge in [-0.3, -0.25) is 14.5 Å². The largest absolute Gasteiger partial charge is 0.497 e. The van der Waals surface area contributed by atoms with Gasteiger partial charge in [0.2, 0.25) is 5.91 Å². The van der Waals surface area contributed by atoms with E-state index in [1.54, 1.807) is 7.11 Å². The third-order valence-electron chi connectivity index (χ3n) is 9.71. The highest BCUT2D eigenvalue weighted by molar-refractivity contribution is 5.81. The summed E-state index contributed by atoms with van der Waals surface area (Å²) < 4.78 is 11.7. The molecule has 6 atom stereocenters. The molecule has 3 aliphatic heterocycles. The Morgan fingerprint density at radius 2 is 2.03 bits per heavy atom. The van der Waals surface area contributed by atoms with Crippen molar-refractivity contribution >= 4 is 17.6 Å². The van der Waals surface area contributed by atoms with E-state index in [0.717, 1.165) is 43.8 Å². The second-order valence-electron chi connectivity index (χ2n) is 11.4. The zero-order valence-corrected chi connectivity index (χ0v) is 21.6. The first-order valence-electron chi connectivity index (χ1n) is 13.2. The maximum absolute atomic E-state index is 12.9. The van der Waals surface area contributed by atoms with Crippen molar-refractivity contribution in [2.24, 2.45) is 11.3 Å². The fraction of sp³-hybridized carbons (Fsp3) is 0.643. The monoisotopic (exact) mass is 495 g/mol. The van der Waals surface area contributed by atoms with E-state index in [9.17, 15) is 14.7 Å². The Morgan fingerprint density at radius 3 is 2.69 bits per heavy atom. The van der Waals surface area contributed by atoms with Crippen molar-refractivity contribution in [2.45, 2.75) is 68.7 Å². The van der Waals surface area contributed by atoms with Gasteiger partial charge in [0.25, 0.3) is 0 Å². The molecule has 3 heterocycles. The highest BCUT2D eigenvalue weighted by atomic mass is 16.6. The van der Waals surface area contributed by atoms with Crippen LogP contribution in [0.3, 0.4) is 0 Å². The Labute approximate surface area is 212 Å². The summed E-state index contributed by atoms with van der Waals surface area (Å²) in [6.07, 6.45) is 6.88. The van der Waals surface area contributed by atoms with E-state index in [0.29, 0.717) is 6.42 Å². The van der Waals surface area contributed by atoms with Crippen LogP contribution in [0.2, 0.25) is 0 Å². The molecule has 1 saturated heterocycles. The smallest absolute Gasteiger partial charge is 0.303 e. The molecule has 2 N–H and O–H groups in total. The molecule has 8 heteroatoms. The molecule has 1 amide bonds. The number of anilines is 1. The molecule has 1 spiro atoms. The van der Waals surface area contributed by atoms with Gasteiger partial charge in [-0.1, -0.05) is 25.1 Å². The number of likely N-dealkylation sites (N-methyl/N-ethyl adjacent to an activating group) is 1. The summed E-state index contributed by atoms with van der Waals surface area (Å²) in [5, 5.41) is 16.0. The molecule has 8 nitrogen and oxygen atoms in total. The third kappa shape index (κ3) is 2.94. The predicted octanol–water partition coefficient (Wildman–Crippen LogP) is 1.99. The molecule has 0 bridgehead atoms. The summed E-state index contributed by atoms with van der Waals surface area (Å²) in [4.78, 5) is 30.0. The predicted molar refractivity (Wildman–Crippen MR) is 135 cm³/mol. The lowest BCUT2D eigenvalue weighted by atomic mass is 9.47. The van der Waals surface area contributed by atoms with E-state index < -0.39 is 34.5 Å². The van der Waals surface area contributed by atoms with E-state index in [4.69, 9.17) is 9.47 Å². The molecule has 2 saturated carbocycles. The molecule has 3 fully saturated rings. The number of carbonyl (C=O) groups is 2. The molecule has 2 aliphatic carbocycles. The SMILES string of the molecule is CC[C@]12C=CCN3CC[C@@]4(c5ccc(OC)cc5N(C)[C@H]4C(O)(CNC(=O)C4CC4)[C@@H]1OC(C)=O)[C@@H]32. The number of ether oxygens (including phenoxy) is 2. The highest BCUT2D eigenvalue weighted by Gasteiger charge is 2.77. The maximum atomic E-state index is 12.9. The molecule has 1 aromatic rings. The number of hydrogen-bond donors (Lipinski definition) is 2. The molecule has 1 aromatic carbocycles. The van der Waals surface area contributed by atoms with Crippen LogP contribution in [0, 0.1) is 11.3 Å². The van der Waals surface area contributed by atoms with Crippen LogP contribution in [0.5, 0.6) is 5.75 Å². The van der Waals surface area contributed by atoms with Crippen molar-refractivity contribution in [2.75, 3.05) is 38.7 Å². The van der Waals surface area contributed by atoms with E-state index in [-0.39, 0.29) is 24.4 Å². The van der Waals surface area contributed by atoms with Crippen LogP contribution in [0.1, 0.15) is 45.1 Å². The van der Waals surface area contributed by atoms with Gasteiger partial charge in [-0.05, 0) is 43.9 Å². The minimum absolute atomic E-state index is 0.0190. The second-order valence-corrected chi connectivity index (χ2v) is 11.4. The summed E-state index contributed by atoms with van der Waals surface area (Å²) in [7, 11) is 3.67. The second kappa shape index (κ2) is 7.96. The number of rotatable bonds is 6. The number of hydrogen-bond acceptors (Lipinski definition) is 7. The fourth-order valence-electron chi connectivity index (χ4n) is 8.36. The Bertz CT molecular complexity index is 1130. The Hall–Kier alpha value is -2.58. The minimum Gasteiger partial charge on any atom is -0.497 e. The maximum Gasteiger partial charge on any atom is 0.303 e. The summed E-state index contributed by atoms with van der Waals surface area (Å²) >= 11 is 0. The lowest BCUT2D eigenvalue weighted by Crippen LogP contribution is -2.81. The summed E-state index contributed by atoms with van der Waals surface area (Å²) in [5.41, 5.74) is -0.284. The lowest BCUT2D eigenvalue weighted by molar-refractivity contribution is -0.217. The van der Waals surface area contributed by atoms with Crippen molar-refractivity contribution in [3.05, 3.63) is 35.9 Å². The summed E-state index contributed by atoms with van der Waals surface area (Å²) in [5.74, 6) is 0.331. The first-order valence-corrected chi connectivity index (χ1v) is 13.2. The number of carbonyl (C=O) groups excluding carboxylic acids is 2. The molecule has 5 aliphatic rings. The number of benzene rings is 1. The molecular weight excluding hydrogens is 458 g/mol. The average Bonchev–Trinajstić information content (AvgIpc) is 3.61. The van der Waals surface area contributed by atoms with E-state index >= 15 is 0 Å². The van der Waals surface area contributed by atoms with Gasteiger partial charge in [0.05, 0.1) is 19.7 Å². The van der Waals surface area contributed by atoms with Crippen molar-refractivity contribution in [3.8, 4) is 5.75 Å². The fourth-order valence-corrected chi connectivity index (χ4v) is 8.36. The van der Waals surface area contributed by atoms with Crippen LogP contribution in [0.4, 0.5) is 5.69 Å². The van der Waals surface area contributed by atoms with Crippen molar-refractivity contribution < 1.29 is 24.2 Å². The van der Waals surface area contributed by atoms with Gasteiger partial charge in [0.15, 0.2) is 0 Å². The van der Waals surface area contributed by atoms with E-state index in [2.05, 4.69) is 40.3 Å². The number of nitrogens with zero attached hydrogens (tertiary/aromatic N) is 2. The number of aliphatic hydroxyl groups is 1. The van der Waals surface area contributed by atoms with Gasteiger partial charge < -0.3 is 24.8 Å². The van der Waals surface area contributed by atoms with Gasteiger partial charge in [-0.15, -0.1) is 0 Å². The normalized spacial score (nSPS) is 38.2. The lowest BCUT2D eigenvalue weighted by Gasteiger charge is -2.64. The van der Waals surface area contributed by atoms with Crippen LogP contribution >= 0.6 is 0 Å². The van der Waals surface area contributed by atoms with Crippen LogP contribution in [-0.4, -0.2) is 79.5 Å². The van der Waals surface area contributed by atoms with Gasteiger partial charge in [-0.2, -0.15) is 0 Å². The zero-order chi connectivity index (χ0) is 25.5. The Kier molecular flexibility index (Phi) is 5.26. The van der Waals surface area contributed by atoms with Crippen LogP contribution in [0.25, 0.3) is 0 Å². The molecular formula is C28H37N3O5. The number of amides is 1. The topological polar surface area (TPSA) is 91.3 Å². The van der Waals surface area contributed by atoms with Crippen LogP contribution in [-0.2, 0) is 19.7 Å². The van der Waals surface area contributed by atoms with Crippen LogP contribution in [0.15, 0.2) is 30.4 Å². The molecule has 36 heavy (non-hydrogen) atoms. The van der Waals surface area contributed by atoms with Crippen molar-refractivity contribution in [1.82, 2.24) is 10.2 Å². The Balaban J connectivity index is 1.58. The molecule has 0 aromatic heterocycles. The quantitative estimate of drug-likeness (QED) is 0.461. The summed E-state index contributed by atoms with van der Waals surface area (Å²) in [6, 6.07) is 5.86. The molecule has 6 rings (SSSR count). The third-order valence-corrected chi connectivity index (χ3v) is 9.71. The number of methoxy groups -OCH3 is 1.